The summed E-state index contributed by atoms with van der Waals surface area (Å²) in [6, 6.07) is 9.00. The van der Waals surface area contributed by atoms with Crippen LogP contribution in [0.15, 0.2) is 50.8 Å². The molecule has 0 N–H and O–H groups in total. The average Bonchev–Trinajstić information content (AvgIpc) is 3.39. The van der Waals surface area contributed by atoms with Crippen LogP contribution in [0, 0.1) is 0 Å². The van der Waals surface area contributed by atoms with Crippen LogP contribution in [0.2, 0.25) is 0 Å². The molecule has 0 amide bonds. The Labute approximate surface area is 165 Å². The number of furan rings is 1. The van der Waals surface area contributed by atoms with Crippen LogP contribution in [-0.4, -0.2) is 27.6 Å². The van der Waals surface area contributed by atoms with Crippen LogP contribution in [0.1, 0.15) is 39.7 Å². The van der Waals surface area contributed by atoms with Gasteiger partial charge in [-0.15, -0.1) is 0 Å². The average molecular weight is 397 g/mol. The smallest absolute Gasteiger partial charge is 0.373 e. The van der Waals surface area contributed by atoms with E-state index in [-0.39, 0.29) is 11.4 Å². The van der Waals surface area contributed by atoms with Crippen LogP contribution in [0.3, 0.4) is 0 Å². The van der Waals surface area contributed by atoms with Crippen LogP contribution in [0.5, 0.6) is 0 Å². The van der Waals surface area contributed by atoms with Crippen LogP contribution in [0.25, 0.3) is 0 Å². The Balaban J connectivity index is 1.56. The zero-order valence-corrected chi connectivity index (χ0v) is 16.2. The Hall–Kier alpha value is -2.87. The molecule has 0 fully saturated rings. The third kappa shape index (κ3) is 3.73. The summed E-state index contributed by atoms with van der Waals surface area (Å²) >= 11 is 1.45. The molecule has 3 aromatic heterocycles. The van der Waals surface area contributed by atoms with Crippen molar-refractivity contribution >= 4 is 17.7 Å². The number of carbonyl (C=O) groups excluding carboxylic acids is 1. The van der Waals surface area contributed by atoms with Gasteiger partial charge in [-0.25, -0.2) is 9.59 Å². The summed E-state index contributed by atoms with van der Waals surface area (Å²) in [5.41, 5.74) is 2.75. The Kier molecular flexibility index (Phi) is 5.29. The molecule has 3 aromatic rings. The molecular formula is C20H19N3O4S. The molecule has 0 aliphatic heterocycles. The second kappa shape index (κ2) is 8.02. The van der Waals surface area contributed by atoms with Gasteiger partial charge >= 0.3 is 11.7 Å². The molecular weight excluding hydrogens is 378 g/mol. The summed E-state index contributed by atoms with van der Waals surface area (Å²) in [5.74, 6) is 0.784. The number of esters is 1. The van der Waals surface area contributed by atoms with Crippen molar-refractivity contribution in [3.05, 3.63) is 75.5 Å². The van der Waals surface area contributed by atoms with E-state index >= 15 is 0 Å². The molecule has 0 saturated carbocycles. The van der Waals surface area contributed by atoms with Gasteiger partial charge in [0.15, 0.2) is 0 Å². The molecule has 4 rings (SSSR count). The van der Waals surface area contributed by atoms with Crippen molar-refractivity contribution in [1.29, 1.82) is 0 Å². The maximum atomic E-state index is 12.7. The van der Waals surface area contributed by atoms with E-state index in [1.54, 1.807) is 22.9 Å². The number of fused-ring (bicyclic) bond motifs is 1. The van der Waals surface area contributed by atoms with Gasteiger partial charge in [0.1, 0.15) is 10.8 Å². The van der Waals surface area contributed by atoms with E-state index in [0.29, 0.717) is 18.1 Å². The van der Waals surface area contributed by atoms with Gasteiger partial charge in [-0.05, 0) is 43.5 Å². The summed E-state index contributed by atoms with van der Waals surface area (Å²) in [5, 5.41) is 0.741. The number of carbonyl (C=O) groups is 1. The normalized spacial score (nSPS) is 12.8. The molecule has 28 heavy (non-hydrogen) atoms. The maximum Gasteiger partial charge on any atom is 0.373 e. The number of nitrogens with zero attached hydrogens (tertiary/aromatic N) is 3. The minimum Gasteiger partial charge on any atom is -0.463 e. The molecule has 0 saturated heterocycles. The van der Waals surface area contributed by atoms with E-state index in [4.69, 9.17) is 4.42 Å². The lowest BCUT2D eigenvalue weighted by atomic mass is 10.2. The topological polar surface area (TPSA) is 87.2 Å². The number of hydrogen-bond acceptors (Lipinski definition) is 7. The van der Waals surface area contributed by atoms with Crippen molar-refractivity contribution in [2.24, 2.45) is 0 Å². The van der Waals surface area contributed by atoms with E-state index in [9.17, 15) is 9.59 Å². The summed E-state index contributed by atoms with van der Waals surface area (Å²) < 4.78 is 11.9. The van der Waals surface area contributed by atoms with Crippen LogP contribution in [-0.2, 0) is 29.9 Å². The maximum absolute atomic E-state index is 12.7. The molecule has 1 aliphatic carbocycles. The number of thioether (sulfide) groups is 1. The molecule has 7 nitrogen and oxygen atoms in total. The van der Waals surface area contributed by atoms with Gasteiger partial charge in [0.25, 0.3) is 0 Å². The highest BCUT2D eigenvalue weighted by molar-refractivity contribution is 7.98. The van der Waals surface area contributed by atoms with Crippen LogP contribution >= 0.6 is 11.8 Å². The second-order valence-corrected chi connectivity index (χ2v) is 7.40. The van der Waals surface area contributed by atoms with Gasteiger partial charge < -0.3 is 9.15 Å². The monoisotopic (exact) mass is 397 g/mol. The lowest BCUT2D eigenvalue weighted by molar-refractivity contribution is 0.0563. The Morgan fingerprint density at radius 1 is 1.29 bits per heavy atom. The molecule has 0 unspecified atom stereocenters. The number of rotatable bonds is 6. The van der Waals surface area contributed by atoms with E-state index in [1.165, 1.54) is 18.9 Å². The molecule has 1 aliphatic rings. The lowest BCUT2D eigenvalue weighted by Gasteiger charge is -2.13. The number of methoxy groups -OCH3 is 1. The van der Waals surface area contributed by atoms with E-state index in [0.717, 1.165) is 41.2 Å². The summed E-state index contributed by atoms with van der Waals surface area (Å²) in [6.45, 7) is 0.431. The van der Waals surface area contributed by atoms with Crippen molar-refractivity contribution in [1.82, 2.24) is 14.5 Å². The highest BCUT2D eigenvalue weighted by Gasteiger charge is 2.22. The lowest BCUT2D eigenvalue weighted by Crippen LogP contribution is -2.28. The molecule has 3 heterocycles. The highest BCUT2D eigenvalue weighted by atomic mass is 32.2. The fourth-order valence-corrected chi connectivity index (χ4v) is 4.30. The molecule has 144 valence electrons. The number of pyridine rings is 1. The van der Waals surface area contributed by atoms with Gasteiger partial charge in [0.05, 0.1) is 25.1 Å². The second-order valence-electron chi connectivity index (χ2n) is 6.43. The number of hydrogen-bond donors (Lipinski definition) is 0. The van der Waals surface area contributed by atoms with Crippen molar-refractivity contribution in [3.8, 4) is 0 Å². The standard InChI is InChI=1S/C20H19N3O4S/c1-26-19(24)17-9-8-14(27-17)12-28-18-15-6-4-7-16(15)23(20(25)22-18)11-13-5-2-3-10-21-13/h2-3,5,8-10H,4,6-7,11-12H2,1H3. The largest absolute Gasteiger partial charge is 0.463 e. The zero-order valence-electron chi connectivity index (χ0n) is 15.4. The molecule has 0 radical (unpaired) electrons. The van der Waals surface area contributed by atoms with Crippen molar-refractivity contribution in [2.45, 2.75) is 36.6 Å². The van der Waals surface area contributed by atoms with E-state index in [1.807, 2.05) is 18.2 Å². The summed E-state index contributed by atoms with van der Waals surface area (Å²) in [6.07, 6.45) is 4.49. The molecule has 0 atom stereocenters. The van der Waals surface area contributed by atoms with Crippen molar-refractivity contribution in [2.75, 3.05) is 7.11 Å². The zero-order chi connectivity index (χ0) is 19.5. The molecule has 0 bridgehead atoms. The highest BCUT2D eigenvalue weighted by Crippen LogP contribution is 2.31. The third-order valence-electron chi connectivity index (χ3n) is 4.65. The van der Waals surface area contributed by atoms with Gasteiger partial charge in [-0.3, -0.25) is 9.55 Å². The fourth-order valence-electron chi connectivity index (χ4n) is 3.33. The Morgan fingerprint density at radius 3 is 2.96 bits per heavy atom. The summed E-state index contributed by atoms with van der Waals surface area (Å²) in [7, 11) is 1.31. The van der Waals surface area contributed by atoms with Crippen LogP contribution in [0.4, 0.5) is 0 Å². The minimum atomic E-state index is -0.507. The first-order chi connectivity index (χ1) is 13.7. The fraction of sp³-hybridized carbons (Fsp3) is 0.300. The number of ether oxygens (including phenoxy) is 1. The van der Waals surface area contributed by atoms with E-state index < -0.39 is 5.97 Å². The molecule has 0 aromatic carbocycles. The number of aromatic nitrogens is 3. The van der Waals surface area contributed by atoms with Crippen molar-refractivity contribution < 1.29 is 13.9 Å². The summed E-state index contributed by atoms with van der Waals surface area (Å²) in [4.78, 5) is 32.8. The first-order valence-electron chi connectivity index (χ1n) is 8.98. The predicted octanol–water partition coefficient (Wildman–Crippen LogP) is 2.85. The first-order valence-corrected chi connectivity index (χ1v) is 9.96. The molecule has 8 heteroatoms. The minimum absolute atomic E-state index is 0.169. The SMILES string of the molecule is COC(=O)c1ccc(CSc2nc(=O)n(Cc3ccccn3)c3c2CCC3)o1. The molecule has 0 spiro atoms. The quantitative estimate of drug-likeness (QED) is 0.359. The predicted molar refractivity (Wildman–Crippen MR) is 103 cm³/mol. The Morgan fingerprint density at radius 2 is 2.18 bits per heavy atom. The van der Waals surface area contributed by atoms with Gasteiger partial charge in [-0.1, -0.05) is 17.8 Å². The Bertz CT molecular complexity index is 1060. The van der Waals surface area contributed by atoms with Gasteiger partial charge in [0.2, 0.25) is 5.76 Å². The van der Waals surface area contributed by atoms with Gasteiger partial charge in [-0.2, -0.15) is 4.98 Å². The van der Waals surface area contributed by atoms with Gasteiger partial charge in [0, 0.05) is 17.5 Å². The van der Waals surface area contributed by atoms with E-state index in [2.05, 4.69) is 14.7 Å². The van der Waals surface area contributed by atoms with Crippen molar-refractivity contribution in [3.63, 3.8) is 0 Å². The van der Waals surface area contributed by atoms with Crippen LogP contribution < -0.4 is 5.69 Å². The third-order valence-corrected chi connectivity index (χ3v) is 5.69. The first kappa shape index (κ1) is 18.5.